The number of Topliss-reactive ketones (excluding diaryl/α,β-unsaturated/α-hetero) is 2. The van der Waals surface area contributed by atoms with E-state index in [1.165, 1.54) is 0 Å². The minimum Gasteiger partial charge on any atom is -0.294 e. The summed E-state index contributed by atoms with van der Waals surface area (Å²) < 4.78 is 0. The first-order chi connectivity index (χ1) is 8.59. The zero-order chi connectivity index (χ0) is 14.8. The fourth-order valence-electron chi connectivity index (χ4n) is 1.76. The molecule has 0 saturated carbocycles. The average Bonchev–Trinajstić information content (AvgIpc) is 2.36. The average molecular weight is 260 g/mol. The van der Waals surface area contributed by atoms with Gasteiger partial charge in [0.25, 0.3) is 0 Å². The minimum absolute atomic E-state index is 0.0984. The Labute approximate surface area is 116 Å². The summed E-state index contributed by atoms with van der Waals surface area (Å²) in [6.07, 6.45) is 0.800. The Kier molecular flexibility index (Phi) is 4.34. The van der Waals surface area contributed by atoms with E-state index in [0.717, 1.165) is 6.42 Å². The fraction of sp³-hybridized carbons (Fsp3) is 0.529. The molecule has 1 aromatic carbocycles. The van der Waals surface area contributed by atoms with Crippen LogP contribution in [0.5, 0.6) is 0 Å². The Morgan fingerprint density at radius 1 is 0.842 bits per heavy atom. The van der Waals surface area contributed by atoms with Crippen LogP contribution < -0.4 is 0 Å². The molecule has 0 bridgehead atoms. The Bertz CT molecular complexity index is 473. The first kappa shape index (κ1) is 15.6. The molecule has 0 fully saturated rings. The summed E-state index contributed by atoms with van der Waals surface area (Å²) in [5.74, 6) is 0.228. The van der Waals surface area contributed by atoms with Crippen molar-refractivity contribution in [1.82, 2.24) is 0 Å². The Morgan fingerprint density at radius 2 is 1.21 bits per heavy atom. The maximum atomic E-state index is 12.3. The van der Waals surface area contributed by atoms with Crippen molar-refractivity contribution in [2.24, 2.45) is 10.8 Å². The highest BCUT2D eigenvalue weighted by molar-refractivity contribution is 6.03. The number of hydrogen-bond acceptors (Lipinski definition) is 2. The molecule has 1 rings (SSSR count). The van der Waals surface area contributed by atoms with Crippen LogP contribution in [-0.4, -0.2) is 11.6 Å². The van der Waals surface area contributed by atoms with E-state index >= 15 is 0 Å². The van der Waals surface area contributed by atoms with E-state index in [0.29, 0.717) is 11.1 Å². The first-order valence-electron chi connectivity index (χ1n) is 6.79. The monoisotopic (exact) mass is 260 g/mol. The molecule has 2 nitrogen and oxygen atoms in total. The van der Waals surface area contributed by atoms with Crippen molar-refractivity contribution in [2.45, 2.75) is 48.0 Å². The van der Waals surface area contributed by atoms with E-state index in [-0.39, 0.29) is 17.0 Å². The Balaban J connectivity index is 3.01. The van der Waals surface area contributed by atoms with Crippen LogP contribution in [0.1, 0.15) is 68.7 Å². The zero-order valence-electron chi connectivity index (χ0n) is 12.8. The predicted octanol–water partition coefficient (Wildman–Crippen LogP) is 4.53. The second-order valence-corrected chi connectivity index (χ2v) is 6.72. The Hall–Kier alpha value is -1.44. The molecule has 0 amide bonds. The van der Waals surface area contributed by atoms with E-state index in [9.17, 15) is 9.59 Å². The van der Waals surface area contributed by atoms with E-state index in [4.69, 9.17) is 0 Å². The molecular formula is C17H24O2. The second kappa shape index (κ2) is 5.28. The smallest absolute Gasteiger partial charge is 0.168 e. The number of hydrogen-bond donors (Lipinski definition) is 0. The van der Waals surface area contributed by atoms with E-state index < -0.39 is 5.41 Å². The van der Waals surface area contributed by atoms with Gasteiger partial charge in [-0.2, -0.15) is 0 Å². The quantitative estimate of drug-likeness (QED) is 0.745. The summed E-state index contributed by atoms with van der Waals surface area (Å²) in [5.41, 5.74) is 0.597. The van der Waals surface area contributed by atoms with Gasteiger partial charge in [0.05, 0.1) is 0 Å². The number of rotatable bonds is 4. The van der Waals surface area contributed by atoms with Crippen molar-refractivity contribution in [1.29, 1.82) is 0 Å². The molecule has 0 saturated heterocycles. The van der Waals surface area contributed by atoms with Crippen LogP contribution in [0.2, 0.25) is 0 Å². The number of carbonyl (C=O) groups is 2. The van der Waals surface area contributed by atoms with Crippen molar-refractivity contribution in [3.63, 3.8) is 0 Å². The molecule has 0 N–H and O–H groups in total. The number of carbonyl (C=O) groups excluding carboxylic acids is 2. The van der Waals surface area contributed by atoms with Gasteiger partial charge in [-0.25, -0.2) is 0 Å². The third-order valence-electron chi connectivity index (χ3n) is 3.59. The van der Waals surface area contributed by atoms with Crippen LogP contribution in [0.25, 0.3) is 0 Å². The van der Waals surface area contributed by atoms with Crippen molar-refractivity contribution in [2.75, 3.05) is 0 Å². The third kappa shape index (κ3) is 3.52. The lowest BCUT2D eigenvalue weighted by molar-refractivity contribution is 0.0829. The lowest BCUT2D eigenvalue weighted by Crippen LogP contribution is -2.24. The molecule has 0 spiro atoms. The SMILES string of the molecule is CCC(C)(C)C(=O)c1ccc(C(=O)C(C)(C)C)cc1. The van der Waals surface area contributed by atoms with Crippen LogP contribution in [0, 0.1) is 10.8 Å². The molecule has 1 aromatic rings. The summed E-state index contributed by atoms with van der Waals surface area (Å²) in [6.45, 7) is 11.6. The van der Waals surface area contributed by atoms with Crippen LogP contribution in [0.3, 0.4) is 0 Å². The summed E-state index contributed by atoms with van der Waals surface area (Å²) in [4.78, 5) is 24.4. The van der Waals surface area contributed by atoms with Crippen LogP contribution in [0.4, 0.5) is 0 Å². The van der Waals surface area contributed by atoms with Gasteiger partial charge in [-0.1, -0.05) is 65.8 Å². The van der Waals surface area contributed by atoms with Gasteiger partial charge in [-0.05, 0) is 6.42 Å². The number of ketones is 2. The molecule has 0 atom stereocenters. The molecule has 0 aliphatic carbocycles. The first-order valence-corrected chi connectivity index (χ1v) is 6.79. The summed E-state index contributed by atoms with van der Waals surface area (Å²) in [7, 11) is 0. The molecule has 0 aromatic heterocycles. The predicted molar refractivity (Wildman–Crippen MR) is 78.6 cm³/mol. The van der Waals surface area contributed by atoms with Gasteiger partial charge in [0.1, 0.15) is 0 Å². The Morgan fingerprint density at radius 3 is 1.53 bits per heavy atom. The summed E-state index contributed by atoms with van der Waals surface area (Å²) >= 11 is 0. The molecule has 0 heterocycles. The zero-order valence-corrected chi connectivity index (χ0v) is 12.8. The highest BCUT2D eigenvalue weighted by Crippen LogP contribution is 2.26. The van der Waals surface area contributed by atoms with Crippen LogP contribution in [-0.2, 0) is 0 Å². The second-order valence-electron chi connectivity index (χ2n) is 6.72. The largest absolute Gasteiger partial charge is 0.294 e. The highest BCUT2D eigenvalue weighted by Gasteiger charge is 2.27. The highest BCUT2D eigenvalue weighted by atomic mass is 16.1. The van der Waals surface area contributed by atoms with E-state index in [1.54, 1.807) is 24.3 Å². The van der Waals surface area contributed by atoms with E-state index in [2.05, 4.69) is 0 Å². The van der Waals surface area contributed by atoms with Crippen LogP contribution in [0.15, 0.2) is 24.3 Å². The molecule has 0 unspecified atom stereocenters. The van der Waals surface area contributed by atoms with Crippen molar-refractivity contribution in [3.05, 3.63) is 35.4 Å². The van der Waals surface area contributed by atoms with E-state index in [1.807, 2.05) is 41.5 Å². The van der Waals surface area contributed by atoms with Gasteiger partial charge < -0.3 is 0 Å². The molecule has 0 radical (unpaired) electrons. The van der Waals surface area contributed by atoms with Crippen molar-refractivity contribution in [3.8, 4) is 0 Å². The maximum Gasteiger partial charge on any atom is 0.168 e. The molecule has 0 aliphatic heterocycles. The maximum absolute atomic E-state index is 12.3. The standard InChI is InChI=1S/C17H24O2/c1-7-17(5,6)15(19)13-10-8-12(9-11-13)14(18)16(2,3)4/h8-11H,7H2,1-6H3. The minimum atomic E-state index is -0.395. The van der Waals surface area contributed by atoms with Crippen molar-refractivity contribution < 1.29 is 9.59 Å². The molecular weight excluding hydrogens is 236 g/mol. The van der Waals surface area contributed by atoms with Gasteiger partial charge in [-0.15, -0.1) is 0 Å². The summed E-state index contributed by atoms with van der Waals surface area (Å²) in [5, 5.41) is 0. The lowest BCUT2D eigenvalue weighted by Gasteiger charge is -2.21. The van der Waals surface area contributed by atoms with Crippen molar-refractivity contribution >= 4 is 11.6 Å². The lowest BCUT2D eigenvalue weighted by atomic mass is 9.81. The molecule has 19 heavy (non-hydrogen) atoms. The van der Waals surface area contributed by atoms with Gasteiger partial charge in [0, 0.05) is 22.0 Å². The van der Waals surface area contributed by atoms with Crippen LogP contribution >= 0.6 is 0 Å². The van der Waals surface area contributed by atoms with Gasteiger partial charge in [-0.3, -0.25) is 9.59 Å². The fourth-order valence-corrected chi connectivity index (χ4v) is 1.76. The van der Waals surface area contributed by atoms with Gasteiger partial charge in [0.15, 0.2) is 11.6 Å². The summed E-state index contributed by atoms with van der Waals surface area (Å²) in [6, 6.07) is 7.04. The topological polar surface area (TPSA) is 34.1 Å². The number of benzene rings is 1. The third-order valence-corrected chi connectivity index (χ3v) is 3.59. The molecule has 104 valence electrons. The normalized spacial score (nSPS) is 12.3. The van der Waals surface area contributed by atoms with Gasteiger partial charge in [0.2, 0.25) is 0 Å². The molecule has 0 aliphatic rings. The molecule has 2 heteroatoms. The van der Waals surface area contributed by atoms with Gasteiger partial charge >= 0.3 is 0 Å².